The Labute approximate surface area is 175 Å². The fourth-order valence-corrected chi connectivity index (χ4v) is 4.64. The van der Waals surface area contributed by atoms with Crippen LogP contribution in [0.4, 0.5) is 5.95 Å². The molecule has 9 nitrogen and oxygen atoms in total. The van der Waals surface area contributed by atoms with Crippen LogP contribution in [0.2, 0.25) is 0 Å². The summed E-state index contributed by atoms with van der Waals surface area (Å²) in [6, 6.07) is 2.37. The van der Waals surface area contributed by atoms with E-state index in [-0.39, 0.29) is 6.04 Å². The number of hydrogen-bond donors (Lipinski definition) is 1. The highest BCUT2D eigenvalue weighted by Crippen LogP contribution is 2.35. The highest BCUT2D eigenvalue weighted by atomic mass is 16.6. The second-order valence-corrected chi connectivity index (χ2v) is 8.86. The van der Waals surface area contributed by atoms with E-state index < -0.39 is 5.60 Å². The van der Waals surface area contributed by atoms with E-state index in [0.717, 1.165) is 50.3 Å². The van der Waals surface area contributed by atoms with E-state index in [9.17, 15) is 5.26 Å². The van der Waals surface area contributed by atoms with Crippen molar-refractivity contribution in [1.82, 2.24) is 24.7 Å². The molecule has 0 amide bonds. The van der Waals surface area contributed by atoms with Crippen LogP contribution in [0.5, 0.6) is 5.88 Å². The first-order chi connectivity index (χ1) is 14.6. The molecule has 2 atom stereocenters. The minimum Gasteiger partial charge on any atom is -0.465 e. The smallest absolute Gasteiger partial charge is 0.237 e. The van der Waals surface area contributed by atoms with Crippen molar-refractivity contribution in [2.45, 2.75) is 76.0 Å². The Balaban J connectivity index is 1.30. The molecular formula is C21H27N7O2. The highest BCUT2D eigenvalue weighted by molar-refractivity contribution is 5.41. The topological polar surface area (TPSA) is 111 Å². The van der Waals surface area contributed by atoms with Gasteiger partial charge in [0.2, 0.25) is 11.8 Å². The fourth-order valence-electron chi connectivity index (χ4n) is 4.64. The molecule has 2 fully saturated rings. The van der Waals surface area contributed by atoms with Crippen LogP contribution in [0, 0.1) is 11.3 Å². The quantitative estimate of drug-likeness (QED) is 0.802. The van der Waals surface area contributed by atoms with Gasteiger partial charge in [0.25, 0.3) is 0 Å². The second kappa shape index (κ2) is 7.84. The van der Waals surface area contributed by atoms with Crippen LogP contribution in [0.3, 0.4) is 0 Å². The Hall–Kier alpha value is -2.73. The summed E-state index contributed by atoms with van der Waals surface area (Å²) in [5.74, 6) is 3.49. The fraction of sp³-hybridized carbons (Fsp3) is 0.667. The van der Waals surface area contributed by atoms with Crippen LogP contribution in [-0.2, 0) is 17.7 Å². The van der Waals surface area contributed by atoms with Gasteiger partial charge >= 0.3 is 0 Å². The molecule has 9 heteroatoms. The van der Waals surface area contributed by atoms with Crippen molar-refractivity contribution < 1.29 is 9.47 Å². The van der Waals surface area contributed by atoms with Gasteiger partial charge < -0.3 is 19.4 Å². The summed E-state index contributed by atoms with van der Waals surface area (Å²) in [5, 5.41) is 21.8. The van der Waals surface area contributed by atoms with Crippen molar-refractivity contribution in [2.75, 3.05) is 18.5 Å². The molecule has 1 saturated carbocycles. The lowest BCUT2D eigenvalue weighted by molar-refractivity contribution is -0.151. The van der Waals surface area contributed by atoms with Gasteiger partial charge in [0.05, 0.1) is 19.4 Å². The summed E-state index contributed by atoms with van der Waals surface area (Å²) < 4.78 is 13.5. The van der Waals surface area contributed by atoms with Gasteiger partial charge in [-0.3, -0.25) is 0 Å². The number of aryl methyl sites for hydroxylation is 1. The molecule has 2 aromatic heterocycles. The van der Waals surface area contributed by atoms with E-state index >= 15 is 0 Å². The van der Waals surface area contributed by atoms with Gasteiger partial charge in [-0.05, 0) is 39.0 Å². The van der Waals surface area contributed by atoms with E-state index in [1.807, 2.05) is 6.92 Å². The zero-order valence-electron chi connectivity index (χ0n) is 17.3. The van der Waals surface area contributed by atoms with Crippen LogP contribution >= 0.6 is 0 Å². The molecule has 2 aliphatic heterocycles. The number of hydrogen-bond acceptors (Lipinski definition) is 8. The minimum atomic E-state index is -0.431. The number of nitrogens with zero attached hydrogens (tertiary/aromatic N) is 6. The lowest BCUT2D eigenvalue weighted by atomic mass is 9.85. The maximum absolute atomic E-state index is 9.38. The number of nitrogens with one attached hydrogen (secondary N) is 1. The molecule has 4 heterocycles. The summed E-state index contributed by atoms with van der Waals surface area (Å²) >= 11 is 0. The van der Waals surface area contributed by atoms with Crippen molar-refractivity contribution in [3.8, 4) is 11.9 Å². The normalized spacial score (nSPS) is 24.9. The van der Waals surface area contributed by atoms with Crippen molar-refractivity contribution in [3.63, 3.8) is 0 Å². The number of fused-ring (bicyclic) bond motifs is 1. The molecule has 30 heavy (non-hydrogen) atoms. The molecule has 158 valence electrons. The maximum atomic E-state index is 9.38. The van der Waals surface area contributed by atoms with E-state index in [1.54, 1.807) is 0 Å². The predicted molar refractivity (Wildman–Crippen MR) is 108 cm³/mol. The minimum absolute atomic E-state index is 0.253. The lowest BCUT2D eigenvalue weighted by Gasteiger charge is -2.37. The van der Waals surface area contributed by atoms with E-state index in [0.29, 0.717) is 36.5 Å². The van der Waals surface area contributed by atoms with Crippen molar-refractivity contribution >= 4 is 5.95 Å². The molecule has 3 aliphatic rings. The first-order valence-electron chi connectivity index (χ1n) is 10.9. The van der Waals surface area contributed by atoms with Crippen LogP contribution in [-0.4, -0.2) is 49.6 Å². The number of anilines is 1. The Morgan fingerprint density at radius 1 is 1.27 bits per heavy atom. The van der Waals surface area contributed by atoms with E-state index in [1.165, 1.54) is 19.0 Å². The van der Waals surface area contributed by atoms with Crippen molar-refractivity contribution in [1.29, 1.82) is 5.26 Å². The summed E-state index contributed by atoms with van der Waals surface area (Å²) in [5.41, 5.74) is -0.0924. The Bertz CT molecular complexity index is 963. The van der Waals surface area contributed by atoms with E-state index in [2.05, 4.69) is 36.1 Å². The zero-order chi connectivity index (χ0) is 20.6. The summed E-state index contributed by atoms with van der Waals surface area (Å²) in [6.07, 6.45) is 9.27. The molecule has 0 radical (unpaired) electrons. The van der Waals surface area contributed by atoms with Gasteiger partial charge in [0.1, 0.15) is 23.3 Å². The van der Waals surface area contributed by atoms with Crippen molar-refractivity contribution in [3.05, 3.63) is 23.4 Å². The van der Waals surface area contributed by atoms with Gasteiger partial charge in [-0.25, -0.2) is 4.98 Å². The molecule has 5 rings (SSSR count). The molecule has 0 spiro atoms. The van der Waals surface area contributed by atoms with Crippen LogP contribution in [0.15, 0.2) is 6.20 Å². The average Bonchev–Trinajstić information content (AvgIpc) is 3.17. The second-order valence-electron chi connectivity index (χ2n) is 8.86. The van der Waals surface area contributed by atoms with Gasteiger partial charge in [-0.15, -0.1) is 10.2 Å². The molecule has 0 bridgehead atoms. The summed E-state index contributed by atoms with van der Waals surface area (Å²) in [7, 11) is 0. The molecule has 1 saturated heterocycles. The summed E-state index contributed by atoms with van der Waals surface area (Å²) in [4.78, 5) is 8.85. The average molecular weight is 409 g/mol. The molecule has 2 aromatic rings. The molecule has 1 aliphatic carbocycles. The van der Waals surface area contributed by atoms with Crippen LogP contribution in [0.1, 0.15) is 68.6 Å². The molecule has 0 aromatic carbocycles. The largest absolute Gasteiger partial charge is 0.465 e. The number of aromatic nitrogens is 5. The lowest BCUT2D eigenvalue weighted by Crippen LogP contribution is -2.52. The van der Waals surface area contributed by atoms with Crippen molar-refractivity contribution in [2.24, 2.45) is 0 Å². The number of nitriles is 1. The van der Waals surface area contributed by atoms with E-state index in [4.69, 9.17) is 9.47 Å². The van der Waals surface area contributed by atoms with Gasteiger partial charge in [-0.1, -0.05) is 6.42 Å². The third-order valence-electron chi connectivity index (χ3n) is 6.29. The number of rotatable bonds is 5. The molecule has 0 unspecified atom stereocenters. The first kappa shape index (κ1) is 19.2. The van der Waals surface area contributed by atoms with Crippen LogP contribution in [0.25, 0.3) is 0 Å². The maximum Gasteiger partial charge on any atom is 0.237 e. The Morgan fingerprint density at radius 3 is 2.97 bits per heavy atom. The van der Waals surface area contributed by atoms with Gasteiger partial charge in [-0.2, -0.15) is 10.2 Å². The highest BCUT2D eigenvalue weighted by Gasteiger charge is 2.37. The van der Waals surface area contributed by atoms with Gasteiger partial charge in [0.15, 0.2) is 5.60 Å². The molecular weight excluding hydrogens is 382 g/mol. The summed E-state index contributed by atoms with van der Waals surface area (Å²) in [6.45, 7) is 3.99. The SMILES string of the molecule is CC1(Oc2nc(N[C@@H]3CCC[C@H](c4nnc5n4CCCC5)C3)ncc2C#N)COC1. The monoisotopic (exact) mass is 409 g/mol. The first-order valence-corrected chi connectivity index (χ1v) is 10.9. The predicted octanol–water partition coefficient (Wildman–Crippen LogP) is 2.58. The van der Waals surface area contributed by atoms with Crippen LogP contribution < -0.4 is 10.1 Å². The zero-order valence-corrected chi connectivity index (χ0v) is 17.3. The number of ether oxygens (including phenoxy) is 2. The Kier molecular flexibility index (Phi) is 5.03. The van der Waals surface area contributed by atoms with Gasteiger partial charge in [0, 0.05) is 24.9 Å². The third-order valence-corrected chi connectivity index (χ3v) is 6.29. The third kappa shape index (κ3) is 3.72. The Morgan fingerprint density at radius 2 is 2.17 bits per heavy atom. The standard InChI is InChI=1S/C21H27N7O2/c1-21(12-29-13-21)30-19-15(10-22)11-23-20(25-19)24-16-6-4-5-14(9-16)18-27-26-17-7-2-3-8-28(17)18/h11,14,16H,2-9,12-13H2,1H3,(H,23,24,25)/t14-,16+/m0/s1. The molecule has 1 N–H and O–H groups in total.